The molecular weight excluding hydrogens is 198 g/mol. The lowest BCUT2D eigenvalue weighted by atomic mass is 10.0. The monoisotopic (exact) mass is 209 g/mol. The highest BCUT2D eigenvalue weighted by Gasteiger charge is 2.15. The predicted octanol–water partition coefficient (Wildman–Crippen LogP) is 1.48. The number of rotatable bonds is 2. The molecule has 0 aliphatic heterocycles. The van der Waals surface area contributed by atoms with Crippen molar-refractivity contribution >= 4 is 10.7 Å². The Morgan fingerprint density at radius 3 is 2.43 bits per heavy atom. The molecule has 0 aliphatic rings. The Hall–Kier alpha value is -1.34. The van der Waals surface area contributed by atoms with Crippen LogP contribution in [0.1, 0.15) is 21.9 Å². The molecule has 3 nitrogen and oxygen atoms in total. The van der Waals surface area contributed by atoms with E-state index in [9.17, 15) is 8.42 Å². The topological polar surface area (TPSA) is 57.9 Å². The van der Waals surface area contributed by atoms with Crippen LogP contribution in [0.2, 0.25) is 0 Å². The third-order valence-electron chi connectivity index (χ3n) is 2.05. The van der Waals surface area contributed by atoms with Crippen LogP contribution in [0.15, 0.2) is 18.2 Å². The third kappa shape index (κ3) is 2.12. The van der Waals surface area contributed by atoms with Gasteiger partial charge in [0.1, 0.15) is 0 Å². The highest BCUT2D eigenvalue weighted by Crippen LogP contribution is 2.20. The molecule has 0 heterocycles. The van der Waals surface area contributed by atoms with Crippen LogP contribution in [-0.4, -0.2) is 8.42 Å². The molecule has 0 saturated heterocycles. The maximum atomic E-state index is 10.8. The minimum atomic E-state index is -2.73. The van der Waals surface area contributed by atoms with Crippen molar-refractivity contribution in [3.8, 4) is 6.07 Å². The van der Waals surface area contributed by atoms with Gasteiger partial charge in [-0.2, -0.15) is 5.26 Å². The quantitative estimate of drug-likeness (QED) is 0.750. The van der Waals surface area contributed by atoms with Gasteiger partial charge >= 0.3 is 0 Å². The molecule has 0 aliphatic carbocycles. The Labute approximate surface area is 84.9 Å². The van der Waals surface area contributed by atoms with Crippen LogP contribution in [0.4, 0.5) is 0 Å². The summed E-state index contributed by atoms with van der Waals surface area (Å²) in [5.74, 6) is 0. The maximum absolute atomic E-state index is 10.8. The lowest BCUT2D eigenvalue weighted by Gasteiger charge is -2.06. The van der Waals surface area contributed by atoms with Gasteiger partial charge in [-0.25, -0.2) is 8.42 Å². The van der Waals surface area contributed by atoms with Crippen LogP contribution in [-0.2, 0) is 10.7 Å². The first-order valence-electron chi connectivity index (χ1n) is 4.16. The Balaban J connectivity index is 3.26. The lowest BCUT2D eigenvalue weighted by molar-refractivity contribution is 0.610. The van der Waals surface area contributed by atoms with Crippen LogP contribution in [0.25, 0.3) is 0 Å². The van der Waals surface area contributed by atoms with Gasteiger partial charge in [0.05, 0.1) is 6.07 Å². The lowest BCUT2D eigenvalue weighted by Crippen LogP contribution is -2.00. The number of nitriles is 1. The first-order chi connectivity index (χ1) is 6.56. The largest absolute Gasteiger partial charge is 0.230 e. The summed E-state index contributed by atoms with van der Waals surface area (Å²) in [6.45, 7) is 3.74. The van der Waals surface area contributed by atoms with Gasteiger partial charge in [-0.05, 0) is 25.0 Å². The summed E-state index contributed by atoms with van der Waals surface area (Å²) < 4.78 is 21.6. The second-order valence-corrected chi connectivity index (χ2v) is 4.26. The average Bonchev–Trinajstić information content (AvgIpc) is 2.09. The second kappa shape index (κ2) is 4.25. The molecule has 1 aromatic rings. The highest BCUT2D eigenvalue weighted by atomic mass is 32.2. The van der Waals surface area contributed by atoms with Crippen LogP contribution in [0.3, 0.4) is 0 Å². The van der Waals surface area contributed by atoms with Gasteiger partial charge in [0, 0.05) is 0 Å². The van der Waals surface area contributed by atoms with Crippen molar-refractivity contribution in [2.24, 2.45) is 0 Å². The maximum Gasteiger partial charge on any atom is 0.170 e. The molecule has 0 N–H and O–H groups in total. The minimum Gasteiger partial charge on any atom is -0.230 e. The zero-order valence-corrected chi connectivity index (χ0v) is 8.91. The smallest absolute Gasteiger partial charge is 0.170 e. The van der Waals surface area contributed by atoms with Crippen molar-refractivity contribution in [2.75, 3.05) is 0 Å². The molecule has 0 fully saturated rings. The first-order valence-corrected chi connectivity index (χ1v) is 5.41. The predicted molar refractivity (Wildman–Crippen MR) is 54.6 cm³/mol. The molecule has 0 spiro atoms. The zero-order valence-electron chi connectivity index (χ0n) is 8.02. The highest BCUT2D eigenvalue weighted by molar-refractivity contribution is 7.73. The molecule has 0 amide bonds. The SMILES string of the molecule is Cc1ccc(C(C#N)[SH](=O)=O)c(C)c1. The van der Waals surface area contributed by atoms with Gasteiger partial charge in [0.25, 0.3) is 0 Å². The Morgan fingerprint density at radius 1 is 1.36 bits per heavy atom. The van der Waals surface area contributed by atoms with Gasteiger partial charge in [0.2, 0.25) is 0 Å². The van der Waals surface area contributed by atoms with Crippen molar-refractivity contribution < 1.29 is 8.42 Å². The minimum absolute atomic E-state index is 0.578. The summed E-state index contributed by atoms with van der Waals surface area (Å²) in [4.78, 5) is 0. The summed E-state index contributed by atoms with van der Waals surface area (Å²) in [7, 11) is -2.73. The Morgan fingerprint density at radius 2 is 2.00 bits per heavy atom. The number of benzene rings is 1. The zero-order chi connectivity index (χ0) is 10.7. The van der Waals surface area contributed by atoms with Crippen LogP contribution < -0.4 is 0 Å². The van der Waals surface area contributed by atoms with Gasteiger partial charge < -0.3 is 0 Å². The summed E-state index contributed by atoms with van der Waals surface area (Å²) in [6.07, 6.45) is 0. The van der Waals surface area contributed by atoms with Gasteiger partial charge in [-0.3, -0.25) is 0 Å². The summed E-state index contributed by atoms with van der Waals surface area (Å²) >= 11 is 0. The first kappa shape index (κ1) is 10.7. The number of thiol groups is 1. The fourth-order valence-electron chi connectivity index (χ4n) is 1.36. The van der Waals surface area contributed by atoms with Gasteiger partial charge in [-0.1, -0.05) is 23.8 Å². The van der Waals surface area contributed by atoms with Crippen molar-refractivity contribution in [3.63, 3.8) is 0 Å². The molecule has 1 unspecified atom stereocenters. The molecule has 1 atom stereocenters. The number of nitrogens with zero attached hydrogens (tertiary/aromatic N) is 1. The van der Waals surface area contributed by atoms with E-state index in [1.807, 2.05) is 26.0 Å². The van der Waals surface area contributed by atoms with Crippen LogP contribution in [0, 0.1) is 25.2 Å². The fraction of sp³-hybridized carbons (Fsp3) is 0.300. The van der Waals surface area contributed by atoms with Crippen molar-refractivity contribution in [1.82, 2.24) is 0 Å². The molecule has 1 aromatic carbocycles. The average molecular weight is 209 g/mol. The normalized spacial score (nSPS) is 12.4. The van der Waals surface area contributed by atoms with E-state index in [1.54, 1.807) is 12.1 Å². The molecule has 1 rings (SSSR count). The second-order valence-electron chi connectivity index (χ2n) is 3.18. The van der Waals surface area contributed by atoms with E-state index in [2.05, 4.69) is 0 Å². The van der Waals surface area contributed by atoms with E-state index in [-0.39, 0.29) is 0 Å². The summed E-state index contributed by atoms with van der Waals surface area (Å²) in [5, 5.41) is 7.69. The van der Waals surface area contributed by atoms with Crippen LogP contribution in [0.5, 0.6) is 0 Å². The van der Waals surface area contributed by atoms with E-state index in [0.29, 0.717) is 5.56 Å². The molecule has 4 heteroatoms. The van der Waals surface area contributed by atoms with Crippen molar-refractivity contribution in [2.45, 2.75) is 19.1 Å². The third-order valence-corrected chi connectivity index (χ3v) is 2.87. The molecule has 74 valence electrons. The van der Waals surface area contributed by atoms with E-state index in [1.165, 1.54) is 0 Å². The summed E-state index contributed by atoms with van der Waals surface area (Å²) in [5.41, 5.74) is 2.48. The van der Waals surface area contributed by atoms with Gasteiger partial charge in [0.15, 0.2) is 16.0 Å². The number of aryl methyl sites for hydroxylation is 2. The van der Waals surface area contributed by atoms with E-state index in [0.717, 1.165) is 11.1 Å². The summed E-state index contributed by atoms with van der Waals surface area (Å²) in [6, 6.07) is 7.16. The Bertz CT molecular complexity index is 450. The standard InChI is InChI=1S/C10H11NO2S/c1-7-3-4-9(8(2)5-7)10(6-11)14(12)13/h3-5,10,14H,1-2H3. The van der Waals surface area contributed by atoms with E-state index < -0.39 is 16.0 Å². The fourth-order valence-corrected chi connectivity index (χ4v) is 1.97. The van der Waals surface area contributed by atoms with Gasteiger partial charge in [-0.15, -0.1) is 0 Å². The van der Waals surface area contributed by atoms with Crippen molar-refractivity contribution in [3.05, 3.63) is 34.9 Å². The molecule has 0 radical (unpaired) electrons. The van der Waals surface area contributed by atoms with E-state index in [4.69, 9.17) is 5.26 Å². The molecule has 14 heavy (non-hydrogen) atoms. The van der Waals surface area contributed by atoms with Crippen molar-refractivity contribution in [1.29, 1.82) is 5.26 Å². The molecule has 0 saturated carbocycles. The van der Waals surface area contributed by atoms with E-state index >= 15 is 0 Å². The number of hydrogen-bond acceptors (Lipinski definition) is 3. The molecule has 0 bridgehead atoms. The molecular formula is C10H11NO2S. The number of hydrogen-bond donors (Lipinski definition) is 1. The molecule has 0 aromatic heterocycles. The Kier molecular flexibility index (Phi) is 3.26. The van der Waals surface area contributed by atoms with Crippen LogP contribution >= 0.6 is 0 Å².